The van der Waals surface area contributed by atoms with Crippen molar-refractivity contribution in [1.82, 2.24) is 9.55 Å². The van der Waals surface area contributed by atoms with Crippen LogP contribution in [-0.4, -0.2) is 9.55 Å². The van der Waals surface area contributed by atoms with E-state index in [4.69, 9.17) is 0 Å². The topological polar surface area (TPSA) is 17.8 Å². The maximum absolute atomic E-state index is 4.49. The van der Waals surface area contributed by atoms with Gasteiger partial charge in [-0.3, -0.25) is 0 Å². The summed E-state index contributed by atoms with van der Waals surface area (Å²) in [5.41, 5.74) is 3.90. The second-order valence-corrected chi connectivity index (χ2v) is 5.12. The van der Waals surface area contributed by atoms with E-state index in [0.29, 0.717) is 0 Å². The Labute approximate surface area is 119 Å². The standard InChI is InChI=1S/C18H18N2/c1-15-7-9-17(10-8-15)14-20-12-11-19-18(20)13-16-5-3-2-4-6-16/h2-12H,13-14H2,1H3. The van der Waals surface area contributed by atoms with Crippen molar-refractivity contribution >= 4 is 0 Å². The third kappa shape index (κ3) is 2.97. The molecule has 2 aromatic carbocycles. The Morgan fingerprint density at radius 1 is 0.900 bits per heavy atom. The molecule has 0 unspecified atom stereocenters. The van der Waals surface area contributed by atoms with Gasteiger partial charge in [0.05, 0.1) is 0 Å². The lowest BCUT2D eigenvalue weighted by Crippen LogP contribution is -2.05. The molecule has 20 heavy (non-hydrogen) atoms. The Hall–Kier alpha value is -2.35. The lowest BCUT2D eigenvalue weighted by molar-refractivity contribution is 0.740. The zero-order chi connectivity index (χ0) is 13.8. The summed E-state index contributed by atoms with van der Waals surface area (Å²) in [6.07, 6.45) is 4.81. The van der Waals surface area contributed by atoms with Gasteiger partial charge in [-0.25, -0.2) is 4.98 Å². The van der Waals surface area contributed by atoms with Crippen molar-refractivity contribution in [2.75, 3.05) is 0 Å². The monoisotopic (exact) mass is 262 g/mol. The molecule has 0 aliphatic rings. The molecule has 0 amide bonds. The molecule has 2 nitrogen and oxygen atoms in total. The van der Waals surface area contributed by atoms with Gasteiger partial charge in [0.25, 0.3) is 0 Å². The second-order valence-electron chi connectivity index (χ2n) is 5.12. The number of aromatic nitrogens is 2. The number of benzene rings is 2. The minimum absolute atomic E-state index is 0.875. The van der Waals surface area contributed by atoms with E-state index in [-0.39, 0.29) is 0 Å². The molecule has 0 bridgehead atoms. The number of imidazole rings is 1. The van der Waals surface area contributed by atoms with Gasteiger partial charge < -0.3 is 4.57 Å². The molecule has 0 radical (unpaired) electrons. The zero-order valence-electron chi connectivity index (χ0n) is 11.7. The SMILES string of the molecule is Cc1ccc(Cn2ccnc2Cc2ccccc2)cc1. The highest BCUT2D eigenvalue weighted by molar-refractivity contribution is 5.23. The number of hydrogen-bond donors (Lipinski definition) is 0. The van der Waals surface area contributed by atoms with Crippen LogP contribution in [-0.2, 0) is 13.0 Å². The van der Waals surface area contributed by atoms with Crippen LogP contribution < -0.4 is 0 Å². The average Bonchev–Trinajstić information content (AvgIpc) is 2.90. The average molecular weight is 262 g/mol. The van der Waals surface area contributed by atoms with Gasteiger partial charge in [-0.1, -0.05) is 60.2 Å². The van der Waals surface area contributed by atoms with Gasteiger partial charge in [-0.15, -0.1) is 0 Å². The molecule has 0 aliphatic heterocycles. The normalized spacial score (nSPS) is 10.7. The third-order valence-electron chi connectivity index (χ3n) is 3.48. The van der Waals surface area contributed by atoms with E-state index in [1.807, 2.05) is 12.3 Å². The molecule has 100 valence electrons. The van der Waals surface area contributed by atoms with Crippen molar-refractivity contribution in [3.63, 3.8) is 0 Å². The lowest BCUT2D eigenvalue weighted by atomic mass is 10.1. The van der Waals surface area contributed by atoms with Crippen molar-refractivity contribution in [2.45, 2.75) is 19.9 Å². The van der Waals surface area contributed by atoms with Crippen LogP contribution >= 0.6 is 0 Å². The summed E-state index contributed by atoms with van der Waals surface area (Å²) in [4.78, 5) is 4.49. The fourth-order valence-electron chi connectivity index (χ4n) is 2.32. The van der Waals surface area contributed by atoms with Crippen molar-refractivity contribution in [3.8, 4) is 0 Å². The summed E-state index contributed by atoms with van der Waals surface area (Å²) < 4.78 is 2.22. The first kappa shape index (κ1) is 12.7. The first-order chi connectivity index (χ1) is 9.81. The maximum atomic E-state index is 4.49. The molecular weight excluding hydrogens is 244 g/mol. The third-order valence-corrected chi connectivity index (χ3v) is 3.48. The van der Waals surface area contributed by atoms with E-state index in [1.54, 1.807) is 0 Å². The Bertz CT molecular complexity index is 666. The highest BCUT2D eigenvalue weighted by Crippen LogP contribution is 2.11. The minimum Gasteiger partial charge on any atom is -0.330 e. The largest absolute Gasteiger partial charge is 0.330 e. The number of nitrogens with zero attached hydrogens (tertiary/aromatic N) is 2. The minimum atomic E-state index is 0.875. The van der Waals surface area contributed by atoms with Gasteiger partial charge in [0.15, 0.2) is 0 Å². The summed E-state index contributed by atoms with van der Waals surface area (Å²) >= 11 is 0. The van der Waals surface area contributed by atoms with Crippen LogP contribution in [0.3, 0.4) is 0 Å². The first-order valence-corrected chi connectivity index (χ1v) is 6.91. The summed E-state index contributed by atoms with van der Waals surface area (Å²) in [6.45, 7) is 2.99. The smallest absolute Gasteiger partial charge is 0.113 e. The van der Waals surface area contributed by atoms with Crippen LogP contribution in [0.15, 0.2) is 67.0 Å². The molecule has 0 aliphatic carbocycles. The van der Waals surface area contributed by atoms with Crippen LogP contribution in [0.25, 0.3) is 0 Å². The van der Waals surface area contributed by atoms with Crippen LogP contribution in [0.1, 0.15) is 22.5 Å². The highest BCUT2D eigenvalue weighted by Gasteiger charge is 2.04. The second kappa shape index (κ2) is 5.74. The lowest BCUT2D eigenvalue weighted by Gasteiger charge is -2.08. The van der Waals surface area contributed by atoms with E-state index in [1.165, 1.54) is 16.7 Å². The van der Waals surface area contributed by atoms with Gasteiger partial charge in [0, 0.05) is 25.4 Å². The fraction of sp³-hybridized carbons (Fsp3) is 0.167. The molecule has 0 N–H and O–H groups in total. The maximum Gasteiger partial charge on any atom is 0.113 e. The Balaban J connectivity index is 1.78. The van der Waals surface area contributed by atoms with Gasteiger partial charge in [0.2, 0.25) is 0 Å². The summed E-state index contributed by atoms with van der Waals surface area (Å²) in [5, 5.41) is 0. The van der Waals surface area contributed by atoms with Crippen LogP contribution in [0.2, 0.25) is 0 Å². The summed E-state index contributed by atoms with van der Waals surface area (Å²) in [6, 6.07) is 19.2. The van der Waals surface area contributed by atoms with Gasteiger partial charge in [-0.05, 0) is 18.1 Å². The quantitative estimate of drug-likeness (QED) is 0.698. The molecule has 0 saturated heterocycles. The van der Waals surface area contributed by atoms with Gasteiger partial charge in [0.1, 0.15) is 5.82 Å². The van der Waals surface area contributed by atoms with Crippen LogP contribution in [0.4, 0.5) is 0 Å². The number of aryl methyl sites for hydroxylation is 1. The predicted molar refractivity (Wildman–Crippen MR) is 81.8 cm³/mol. The summed E-state index contributed by atoms with van der Waals surface area (Å²) in [7, 11) is 0. The first-order valence-electron chi connectivity index (χ1n) is 6.91. The molecule has 3 rings (SSSR count). The van der Waals surface area contributed by atoms with Crippen molar-refractivity contribution in [2.24, 2.45) is 0 Å². The predicted octanol–water partition coefficient (Wildman–Crippen LogP) is 3.83. The van der Waals surface area contributed by atoms with E-state index in [2.05, 4.69) is 71.2 Å². The molecule has 2 heteroatoms. The molecule has 3 aromatic rings. The Morgan fingerprint density at radius 3 is 2.40 bits per heavy atom. The molecule has 0 fully saturated rings. The number of rotatable bonds is 4. The van der Waals surface area contributed by atoms with Crippen molar-refractivity contribution in [1.29, 1.82) is 0 Å². The van der Waals surface area contributed by atoms with E-state index >= 15 is 0 Å². The molecule has 0 spiro atoms. The molecule has 0 saturated carbocycles. The zero-order valence-corrected chi connectivity index (χ0v) is 11.7. The van der Waals surface area contributed by atoms with E-state index in [0.717, 1.165) is 18.8 Å². The molecule has 1 aromatic heterocycles. The Morgan fingerprint density at radius 2 is 1.65 bits per heavy atom. The number of hydrogen-bond acceptors (Lipinski definition) is 1. The molecule has 0 atom stereocenters. The van der Waals surface area contributed by atoms with Crippen molar-refractivity contribution < 1.29 is 0 Å². The fourth-order valence-corrected chi connectivity index (χ4v) is 2.32. The van der Waals surface area contributed by atoms with Gasteiger partial charge >= 0.3 is 0 Å². The Kier molecular flexibility index (Phi) is 3.64. The van der Waals surface area contributed by atoms with Crippen molar-refractivity contribution in [3.05, 3.63) is 89.5 Å². The van der Waals surface area contributed by atoms with Crippen LogP contribution in [0.5, 0.6) is 0 Å². The van der Waals surface area contributed by atoms with E-state index < -0.39 is 0 Å². The van der Waals surface area contributed by atoms with Gasteiger partial charge in [-0.2, -0.15) is 0 Å². The van der Waals surface area contributed by atoms with Crippen LogP contribution in [0, 0.1) is 6.92 Å². The highest BCUT2D eigenvalue weighted by atomic mass is 15.1. The molecular formula is C18H18N2. The summed E-state index contributed by atoms with van der Waals surface area (Å²) in [5.74, 6) is 1.11. The van der Waals surface area contributed by atoms with E-state index in [9.17, 15) is 0 Å². The molecule has 1 heterocycles.